The summed E-state index contributed by atoms with van der Waals surface area (Å²) in [6, 6.07) is 17.3. The van der Waals surface area contributed by atoms with Gasteiger partial charge >= 0.3 is 7.82 Å². The summed E-state index contributed by atoms with van der Waals surface area (Å²) in [6.45, 7) is 7.29. The fourth-order valence-electron chi connectivity index (χ4n) is 1.76. The molecule has 0 heterocycles. The van der Waals surface area contributed by atoms with Crippen LogP contribution in [-0.2, 0) is 9.09 Å². The number of phosphoric ester groups is 1. The highest BCUT2D eigenvalue weighted by molar-refractivity contribution is 7.49. The lowest BCUT2D eigenvalue weighted by molar-refractivity contribution is 0.263. The van der Waals surface area contributed by atoms with Crippen molar-refractivity contribution in [2.75, 3.05) is 0 Å². The van der Waals surface area contributed by atoms with Gasteiger partial charge in [-0.05, 0) is 30.3 Å². The topological polar surface area (TPSA) is 44.8 Å². The van der Waals surface area contributed by atoms with Crippen LogP contribution in [0, 0.1) is 0 Å². The van der Waals surface area contributed by atoms with Gasteiger partial charge in [0, 0.05) is 0 Å². The molecule has 0 bridgehead atoms. The van der Waals surface area contributed by atoms with E-state index < -0.39 is 7.82 Å². The van der Waals surface area contributed by atoms with Gasteiger partial charge in [-0.3, -0.25) is 0 Å². The summed E-state index contributed by atoms with van der Waals surface area (Å²) in [5.74, 6) is 0.874. The molecule has 5 heteroatoms. The lowest BCUT2D eigenvalue weighted by atomic mass is 10.3. The fourth-order valence-corrected chi connectivity index (χ4v) is 2.98. The van der Waals surface area contributed by atoms with Crippen LogP contribution in [0.2, 0.25) is 0 Å². The number of hydrogen-bond donors (Lipinski definition) is 0. The quantitative estimate of drug-likeness (QED) is 0.311. The molecule has 0 aliphatic rings. The first kappa shape index (κ1) is 18.4. The van der Waals surface area contributed by atoms with Crippen molar-refractivity contribution in [3.8, 4) is 11.5 Å². The Balaban J connectivity index is 2.17. The van der Waals surface area contributed by atoms with Crippen LogP contribution in [0.25, 0.3) is 0 Å². The maximum atomic E-state index is 13.1. The van der Waals surface area contributed by atoms with E-state index in [0.29, 0.717) is 11.5 Å². The predicted octanol–water partition coefficient (Wildman–Crippen LogP) is 6.08. The molecule has 0 aromatic heterocycles. The maximum absolute atomic E-state index is 13.1. The zero-order valence-corrected chi connectivity index (χ0v) is 14.5. The highest BCUT2D eigenvalue weighted by Crippen LogP contribution is 2.51. The van der Waals surface area contributed by atoms with E-state index in [0.717, 1.165) is 0 Å². The molecule has 2 aromatic carbocycles. The van der Waals surface area contributed by atoms with Gasteiger partial charge in [-0.25, -0.2) is 0 Å². The Bertz CT molecular complexity index is 749. The van der Waals surface area contributed by atoms with Crippen molar-refractivity contribution in [3.63, 3.8) is 0 Å². The van der Waals surface area contributed by atoms with Crippen LogP contribution < -0.4 is 9.05 Å². The SMILES string of the molecule is C=C/C=C\C=C/C(=C)OP(=O)(Oc1ccccc1)Oc1ccccc1. The van der Waals surface area contributed by atoms with Gasteiger partial charge in [0.25, 0.3) is 0 Å². The van der Waals surface area contributed by atoms with Gasteiger partial charge in [0.05, 0.1) is 0 Å². The number of phosphoric acid groups is 1. The van der Waals surface area contributed by atoms with Gasteiger partial charge in [0.15, 0.2) is 0 Å². The Morgan fingerprint density at radius 2 is 1.36 bits per heavy atom. The molecule has 25 heavy (non-hydrogen) atoms. The first-order chi connectivity index (χ1) is 12.1. The second kappa shape index (κ2) is 9.36. The number of para-hydroxylation sites is 2. The Morgan fingerprint density at radius 1 is 0.840 bits per heavy atom. The van der Waals surface area contributed by atoms with Gasteiger partial charge in [-0.2, -0.15) is 4.57 Å². The van der Waals surface area contributed by atoms with Crippen LogP contribution >= 0.6 is 7.82 Å². The van der Waals surface area contributed by atoms with Crippen molar-refractivity contribution in [1.29, 1.82) is 0 Å². The molecule has 2 rings (SSSR count). The number of allylic oxidation sites excluding steroid dienone is 5. The molecule has 0 spiro atoms. The summed E-state index contributed by atoms with van der Waals surface area (Å²) in [5, 5.41) is 0. The minimum absolute atomic E-state index is 0.143. The highest BCUT2D eigenvalue weighted by Gasteiger charge is 2.33. The molecule has 0 atom stereocenters. The average Bonchev–Trinajstić information content (AvgIpc) is 2.60. The molecule has 0 aliphatic carbocycles. The second-order valence-corrected chi connectivity index (χ2v) is 6.24. The number of benzene rings is 2. The molecule has 0 radical (unpaired) electrons. The normalized spacial score (nSPS) is 11.4. The molecule has 4 nitrogen and oxygen atoms in total. The molecule has 0 N–H and O–H groups in total. The first-order valence-electron chi connectivity index (χ1n) is 7.55. The summed E-state index contributed by atoms with van der Waals surface area (Å²) in [4.78, 5) is 0. The van der Waals surface area contributed by atoms with E-state index in [1.54, 1.807) is 78.9 Å². The summed E-state index contributed by atoms with van der Waals surface area (Å²) in [5.41, 5.74) is 0. The van der Waals surface area contributed by atoms with Crippen molar-refractivity contribution < 1.29 is 18.1 Å². The Hall–Kier alpha value is -2.97. The zero-order chi connectivity index (χ0) is 18.0. The lowest BCUT2D eigenvalue weighted by Gasteiger charge is -2.19. The third-order valence-corrected chi connectivity index (χ3v) is 4.12. The van der Waals surface area contributed by atoms with Gasteiger partial charge in [-0.15, -0.1) is 0 Å². The van der Waals surface area contributed by atoms with E-state index in [2.05, 4.69) is 13.2 Å². The molecule has 0 saturated heterocycles. The van der Waals surface area contributed by atoms with E-state index in [-0.39, 0.29) is 5.76 Å². The van der Waals surface area contributed by atoms with Gasteiger partial charge in [-0.1, -0.05) is 73.9 Å². The Morgan fingerprint density at radius 3 is 1.84 bits per heavy atom. The van der Waals surface area contributed by atoms with E-state index in [4.69, 9.17) is 13.6 Å². The predicted molar refractivity (Wildman–Crippen MR) is 100 cm³/mol. The molecule has 0 unspecified atom stereocenters. The minimum atomic E-state index is -3.97. The molecule has 0 saturated carbocycles. The number of hydrogen-bond acceptors (Lipinski definition) is 4. The van der Waals surface area contributed by atoms with Crippen LogP contribution in [0.1, 0.15) is 0 Å². The Labute approximate surface area is 148 Å². The summed E-state index contributed by atoms with van der Waals surface area (Å²) < 4.78 is 29.4. The molecule has 0 aliphatic heterocycles. The lowest BCUT2D eigenvalue weighted by Crippen LogP contribution is -2.04. The van der Waals surface area contributed by atoms with E-state index in [1.165, 1.54) is 0 Å². The first-order valence-corrected chi connectivity index (χ1v) is 9.01. The molecular weight excluding hydrogens is 335 g/mol. The van der Waals surface area contributed by atoms with Gasteiger partial charge in [0.2, 0.25) is 0 Å². The van der Waals surface area contributed by atoms with Crippen molar-refractivity contribution in [3.05, 3.63) is 110 Å². The highest BCUT2D eigenvalue weighted by atomic mass is 31.2. The van der Waals surface area contributed by atoms with Crippen molar-refractivity contribution in [2.45, 2.75) is 0 Å². The number of rotatable bonds is 9. The zero-order valence-electron chi connectivity index (χ0n) is 13.7. The summed E-state index contributed by atoms with van der Waals surface area (Å²) in [7, 11) is -3.97. The van der Waals surface area contributed by atoms with Gasteiger partial charge < -0.3 is 13.6 Å². The third kappa shape index (κ3) is 6.58. The second-order valence-electron chi connectivity index (χ2n) is 4.79. The summed E-state index contributed by atoms with van der Waals surface area (Å²) >= 11 is 0. The molecular formula is C20H19O4P. The molecule has 0 fully saturated rings. The van der Waals surface area contributed by atoms with E-state index in [9.17, 15) is 4.57 Å². The third-order valence-electron chi connectivity index (χ3n) is 2.79. The van der Waals surface area contributed by atoms with E-state index in [1.807, 2.05) is 12.1 Å². The van der Waals surface area contributed by atoms with Crippen LogP contribution in [0.4, 0.5) is 0 Å². The fraction of sp³-hybridized carbons (Fsp3) is 0. The van der Waals surface area contributed by atoms with Crippen LogP contribution in [0.15, 0.2) is 110 Å². The van der Waals surface area contributed by atoms with E-state index >= 15 is 0 Å². The summed E-state index contributed by atoms with van der Waals surface area (Å²) in [6.07, 6.45) is 8.34. The molecule has 128 valence electrons. The molecule has 0 amide bonds. The maximum Gasteiger partial charge on any atom is 0.647 e. The van der Waals surface area contributed by atoms with Crippen LogP contribution in [-0.4, -0.2) is 0 Å². The largest absolute Gasteiger partial charge is 0.647 e. The standard InChI is InChI=1S/C20H19O4P/c1-3-4-5-8-13-18(2)22-25(21,23-19-14-9-6-10-15-19)24-20-16-11-7-12-17-20/h3-17H,1-2H2/b5-4-,13-8-. The minimum Gasteiger partial charge on any atom is -0.387 e. The van der Waals surface area contributed by atoms with Gasteiger partial charge in [0.1, 0.15) is 17.3 Å². The van der Waals surface area contributed by atoms with Crippen LogP contribution in [0.5, 0.6) is 11.5 Å². The van der Waals surface area contributed by atoms with Crippen molar-refractivity contribution >= 4 is 7.82 Å². The smallest absolute Gasteiger partial charge is 0.387 e. The Kier molecular flexibility index (Phi) is 6.87. The molecule has 2 aromatic rings. The van der Waals surface area contributed by atoms with Crippen LogP contribution in [0.3, 0.4) is 0 Å². The average molecular weight is 354 g/mol. The monoisotopic (exact) mass is 354 g/mol. The van der Waals surface area contributed by atoms with Crippen molar-refractivity contribution in [2.24, 2.45) is 0 Å². The van der Waals surface area contributed by atoms with Crippen molar-refractivity contribution in [1.82, 2.24) is 0 Å².